The maximum atomic E-state index is 13.0. The van der Waals surface area contributed by atoms with E-state index in [0.29, 0.717) is 0 Å². The molecule has 3 N–H and O–H groups in total. The fraction of sp³-hybridized carbons (Fsp3) is 0.118. The second kappa shape index (κ2) is 7.82. The van der Waals surface area contributed by atoms with E-state index in [1.54, 1.807) is 0 Å². The zero-order valence-electron chi connectivity index (χ0n) is 14.5. The first-order chi connectivity index (χ1) is 13.9. The zero-order valence-corrected chi connectivity index (χ0v) is 15.3. The van der Waals surface area contributed by atoms with Gasteiger partial charge in [-0.3, -0.25) is 0 Å². The van der Waals surface area contributed by atoms with E-state index in [9.17, 15) is 31.4 Å². The number of alkyl halides is 6. The molecule has 0 aliphatic rings. The SMILES string of the molecule is Oc1[nH]c2ccc(OC(F)(F)F)cc2c1N=NC(=S)Nc1ccccc1C(F)(F)F. The highest BCUT2D eigenvalue weighted by Gasteiger charge is 2.33. The van der Waals surface area contributed by atoms with Crippen LogP contribution in [0.4, 0.5) is 37.7 Å². The summed E-state index contributed by atoms with van der Waals surface area (Å²) in [6.45, 7) is 0. The molecular formula is C17H10F6N4O2S. The molecule has 0 unspecified atom stereocenters. The third-order valence-corrected chi connectivity index (χ3v) is 3.86. The smallest absolute Gasteiger partial charge is 0.493 e. The standard InChI is InChI=1S/C17H10F6N4O2S/c18-16(19,20)10-3-1-2-4-12(10)25-15(30)27-26-13-9-7-8(29-17(21,22)23)5-6-11(9)24-14(13)28/h1-7,24,28H,(H,25,30). The van der Waals surface area contributed by atoms with E-state index < -0.39 is 34.8 Å². The number of azo groups is 1. The van der Waals surface area contributed by atoms with E-state index in [1.165, 1.54) is 18.2 Å². The second-order valence-electron chi connectivity index (χ2n) is 5.75. The van der Waals surface area contributed by atoms with Crippen LogP contribution in [-0.4, -0.2) is 21.6 Å². The van der Waals surface area contributed by atoms with Gasteiger partial charge >= 0.3 is 12.5 Å². The Morgan fingerprint density at radius 1 is 1.07 bits per heavy atom. The van der Waals surface area contributed by atoms with E-state index in [2.05, 4.69) is 25.3 Å². The zero-order chi connectivity index (χ0) is 22.1. The van der Waals surface area contributed by atoms with Gasteiger partial charge in [-0.1, -0.05) is 12.1 Å². The maximum Gasteiger partial charge on any atom is 0.573 e. The van der Waals surface area contributed by atoms with Gasteiger partial charge in [-0.05, 0) is 42.5 Å². The molecule has 0 spiro atoms. The van der Waals surface area contributed by atoms with Crippen LogP contribution in [-0.2, 0) is 6.18 Å². The van der Waals surface area contributed by atoms with Crippen LogP contribution in [0.25, 0.3) is 10.9 Å². The summed E-state index contributed by atoms with van der Waals surface area (Å²) in [5.41, 5.74) is -1.40. The fourth-order valence-corrected chi connectivity index (χ4v) is 2.67. The number of H-pyrrole nitrogens is 1. The molecule has 0 atom stereocenters. The van der Waals surface area contributed by atoms with Crippen molar-refractivity contribution in [3.05, 3.63) is 48.0 Å². The van der Waals surface area contributed by atoms with Gasteiger partial charge in [0.05, 0.1) is 16.8 Å². The first kappa shape index (κ1) is 21.4. The third kappa shape index (κ3) is 4.97. The molecule has 0 fully saturated rings. The number of thiocarbonyl (C=S) groups is 1. The number of anilines is 1. The van der Waals surface area contributed by atoms with Gasteiger partial charge in [0.25, 0.3) is 0 Å². The highest BCUT2D eigenvalue weighted by Crippen LogP contribution is 2.38. The quantitative estimate of drug-likeness (QED) is 0.251. The van der Waals surface area contributed by atoms with Crippen molar-refractivity contribution >= 4 is 39.6 Å². The largest absolute Gasteiger partial charge is 0.573 e. The van der Waals surface area contributed by atoms with E-state index in [1.807, 2.05) is 0 Å². The number of hydrogen-bond donors (Lipinski definition) is 3. The van der Waals surface area contributed by atoms with Crippen LogP contribution in [0.15, 0.2) is 52.7 Å². The molecule has 3 rings (SSSR count). The topological polar surface area (TPSA) is 82.0 Å². The van der Waals surface area contributed by atoms with Gasteiger partial charge in [-0.2, -0.15) is 13.2 Å². The molecule has 1 aromatic heterocycles. The Balaban J connectivity index is 1.86. The van der Waals surface area contributed by atoms with Gasteiger partial charge in [-0.25, -0.2) is 0 Å². The fourth-order valence-electron chi connectivity index (χ4n) is 2.52. The molecular weight excluding hydrogens is 438 g/mol. The number of aromatic nitrogens is 1. The summed E-state index contributed by atoms with van der Waals surface area (Å²) in [7, 11) is 0. The Morgan fingerprint density at radius 2 is 1.77 bits per heavy atom. The van der Waals surface area contributed by atoms with Crippen LogP contribution in [0.5, 0.6) is 11.6 Å². The maximum absolute atomic E-state index is 13.0. The van der Waals surface area contributed by atoms with E-state index in [-0.39, 0.29) is 22.3 Å². The molecule has 30 heavy (non-hydrogen) atoms. The minimum absolute atomic E-state index is 0.0245. The van der Waals surface area contributed by atoms with Crippen molar-refractivity contribution in [3.63, 3.8) is 0 Å². The lowest BCUT2D eigenvalue weighted by atomic mass is 10.2. The molecule has 0 saturated carbocycles. The summed E-state index contributed by atoms with van der Waals surface area (Å²) in [6, 6.07) is 7.72. The summed E-state index contributed by atoms with van der Waals surface area (Å²) in [5.74, 6) is -1.10. The van der Waals surface area contributed by atoms with Crippen molar-refractivity contribution in [2.45, 2.75) is 12.5 Å². The van der Waals surface area contributed by atoms with Crippen molar-refractivity contribution in [2.75, 3.05) is 5.32 Å². The number of aromatic amines is 1. The van der Waals surface area contributed by atoms with Gasteiger partial charge in [0.1, 0.15) is 5.75 Å². The second-order valence-corrected chi connectivity index (χ2v) is 6.14. The lowest BCUT2D eigenvalue weighted by molar-refractivity contribution is -0.274. The molecule has 6 nitrogen and oxygen atoms in total. The number of nitrogens with one attached hydrogen (secondary N) is 2. The highest BCUT2D eigenvalue weighted by atomic mass is 32.1. The molecule has 158 valence electrons. The van der Waals surface area contributed by atoms with Crippen LogP contribution in [0, 0.1) is 0 Å². The average Bonchev–Trinajstić information content (AvgIpc) is 2.93. The van der Waals surface area contributed by atoms with E-state index in [4.69, 9.17) is 12.2 Å². The van der Waals surface area contributed by atoms with E-state index >= 15 is 0 Å². The monoisotopic (exact) mass is 448 g/mol. The minimum Gasteiger partial charge on any atom is -0.493 e. The van der Waals surface area contributed by atoms with Gasteiger partial charge in [0, 0.05) is 5.39 Å². The molecule has 1 heterocycles. The number of nitrogens with zero attached hydrogens (tertiary/aromatic N) is 2. The summed E-state index contributed by atoms with van der Waals surface area (Å²) in [6.07, 6.45) is -9.56. The number of fused-ring (bicyclic) bond motifs is 1. The molecule has 0 amide bonds. The summed E-state index contributed by atoms with van der Waals surface area (Å²) in [4.78, 5) is 2.47. The Kier molecular flexibility index (Phi) is 5.57. The van der Waals surface area contributed by atoms with Gasteiger partial charge in [-0.15, -0.1) is 23.4 Å². The Labute approximate surface area is 169 Å². The van der Waals surface area contributed by atoms with E-state index in [0.717, 1.165) is 24.3 Å². The lowest BCUT2D eigenvalue weighted by Gasteiger charge is -2.12. The Morgan fingerprint density at radius 3 is 2.43 bits per heavy atom. The van der Waals surface area contributed by atoms with Crippen molar-refractivity contribution in [1.82, 2.24) is 4.98 Å². The minimum atomic E-state index is -4.93. The molecule has 0 saturated heterocycles. The molecule has 2 aromatic carbocycles. The number of benzene rings is 2. The molecule has 0 aliphatic carbocycles. The predicted molar refractivity (Wildman–Crippen MR) is 98.8 cm³/mol. The summed E-state index contributed by atoms with van der Waals surface area (Å²) in [5, 5.41) is 18.9. The van der Waals surface area contributed by atoms with Gasteiger partial charge in [0.2, 0.25) is 11.0 Å². The number of rotatable bonds is 3. The highest BCUT2D eigenvalue weighted by molar-refractivity contribution is 7.80. The normalized spacial score (nSPS) is 12.5. The molecule has 0 radical (unpaired) electrons. The average molecular weight is 448 g/mol. The molecule has 0 aliphatic heterocycles. The van der Waals surface area contributed by atoms with Crippen LogP contribution >= 0.6 is 12.2 Å². The summed E-state index contributed by atoms with van der Waals surface area (Å²) >= 11 is 4.85. The van der Waals surface area contributed by atoms with Crippen molar-refractivity contribution in [2.24, 2.45) is 10.2 Å². The predicted octanol–water partition coefficient (Wildman–Crippen LogP) is 6.27. The third-order valence-electron chi connectivity index (χ3n) is 3.67. The van der Waals surface area contributed by atoms with Crippen molar-refractivity contribution in [3.8, 4) is 11.6 Å². The summed E-state index contributed by atoms with van der Waals surface area (Å²) < 4.78 is 80.1. The van der Waals surface area contributed by atoms with Crippen LogP contribution < -0.4 is 10.1 Å². The van der Waals surface area contributed by atoms with Gasteiger partial charge in [0.15, 0.2) is 5.69 Å². The number of hydrogen-bond acceptors (Lipinski definition) is 4. The van der Waals surface area contributed by atoms with Crippen LogP contribution in [0.3, 0.4) is 0 Å². The van der Waals surface area contributed by atoms with Crippen LogP contribution in [0.2, 0.25) is 0 Å². The molecule has 3 aromatic rings. The van der Waals surface area contributed by atoms with Crippen molar-refractivity contribution < 1.29 is 36.2 Å². The van der Waals surface area contributed by atoms with Crippen LogP contribution in [0.1, 0.15) is 5.56 Å². The number of para-hydroxylation sites is 1. The Bertz CT molecular complexity index is 1120. The molecule has 0 bridgehead atoms. The number of aromatic hydroxyl groups is 1. The van der Waals surface area contributed by atoms with Gasteiger partial charge < -0.3 is 20.1 Å². The number of halogens is 6. The first-order valence-electron chi connectivity index (χ1n) is 7.93. The molecule has 13 heteroatoms. The Hall–Kier alpha value is -3.35. The lowest BCUT2D eigenvalue weighted by Crippen LogP contribution is -2.16. The van der Waals surface area contributed by atoms with Crippen molar-refractivity contribution in [1.29, 1.82) is 0 Å². The first-order valence-corrected chi connectivity index (χ1v) is 8.34. The number of ether oxygens (including phenoxy) is 1.